The SMILES string of the molecule is CCOc1nnccc1-c1cc(NCc2nccc(C)n2)c2c(n1)c(C)nn2C(C)C. The Kier molecular flexibility index (Phi) is 5.75. The molecule has 0 spiro atoms. The third kappa shape index (κ3) is 4.16. The first-order chi connectivity index (χ1) is 15.0. The van der Waals surface area contributed by atoms with Crippen molar-refractivity contribution in [3.05, 3.63) is 47.8 Å². The molecule has 0 saturated heterocycles. The highest BCUT2D eigenvalue weighted by molar-refractivity contribution is 5.93. The zero-order valence-corrected chi connectivity index (χ0v) is 18.4. The second kappa shape index (κ2) is 8.63. The van der Waals surface area contributed by atoms with Gasteiger partial charge in [0.05, 0.1) is 42.0 Å². The van der Waals surface area contributed by atoms with E-state index < -0.39 is 0 Å². The van der Waals surface area contributed by atoms with Crippen LogP contribution in [0.15, 0.2) is 30.6 Å². The second-order valence-electron chi connectivity index (χ2n) is 7.53. The van der Waals surface area contributed by atoms with Crippen LogP contribution >= 0.6 is 0 Å². The van der Waals surface area contributed by atoms with E-state index in [2.05, 4.69) is 39.3 Å². The van der Waals surface area contributed by atoms with E-state index in [-0.39, 0.29) is 6.04 Å². The van der Waals surface area contributed by atoms with Crippen LogP contribution in [0.25, 0.3) is 22.3 Å². The van der Waals surface area contributed by atoms with E-state index in [1.54, 1.807) is 12.4 Å². The topological polar surface area (TPSA) is 104 Å². The lowest BCUT2D eigenvalue weighted by Gasteiger charge is -2.14. The Morgan fingerprint density at radius 2 is 1.97 bits per heavy atom. The minimum atomic E-state index is 0.182. The number of aryl methyl sites for hydroxylation is 2. The van der Waals surface area contributed by atoms with E-state index in [0.717, 1.165) is 45.2 Å². The number of hydrogen-bond acceptors (Lipinski definition) is 8. The first-order valence-corrected chi connectivity index (χ1v) is 10.3. The van der Waals surface area contributed by atoms with E-state index >= 15 is 0 Å². The van der Waals surface area contributed by atoms with Gasteiger partial charge in [0.15, 0.2) is 0 Å². The molecular weight excluding hydrogens is 392 g/mol. The Morgan fingerprint density at radius 1 is 1.13 bits per heavy atom. The van der Waals surface area contributed by atoms with Crippen LogP contribution in [0.3, 0.4) is 0 Å². The van der Waals surface area contributed by atoms with Crippen molar-refractivity contribution in [2.24, 2.45) is 0 Å². The number of fused-ring (bicyclic) bond motifs is 1. The van der Waals surface area contributed by atoms with Crippen LogP contribution in [0.4, 0.5) is 5.69 Å². The molecule has 9 nitrogen and oxygen atoms in total. The number of nitrogens with one attached hydrogen (secondary N) is 1. The first kappa shape index (κ1) is 20.6. The van der Waals surface area contributed by atoms with Crippen LogP contribution in [-0.2, 0) is 6.54 Å². The minimum absolute atomic E-state index is 0.182. The summed E-state index contributed by atoms with van der Waals surface area (Å²) in [7, 11) is 0. The fourth-order valence-electron chi connectivity index (χ4n) is 3.45. The van der Waals surface area contributed by atoms with E-state index in [9.17, 15) is 0 Å². The number of ether oxygens (including phenoxy) is 1. The second-order valence-corrected chi connectivity index (χ2v) is 7.53. The summed E-state index contributed by atoms with van der Waals surface area (Å²) in [4.78, 5) is 13.8. The van der Waals surface area contributed by atoms with E-state index in [1.165, 1.54) is 0 Å². The van der Waals surface area contributed by atoms with Gasteiger partial charge in [0.25, 0.3) is 0 Å². The summed E-state index contributed by atoms with van der Waals surface area (Å²) in [6.07, 6.45) is 3.41. The van der Waals surface area contributed by atoms with Crippen LogP contribution in [0, 0.1) is 13.8 Å². The van der Waals surface area contributed by atoms with Gasteiger partial charge in [-0.15, -0.1) is 5.10 Å². The number of hydrogen-bond donors (Lipinski definition) is 1. The summed E-state index contributed by atoms with van der Waals surface area (Å²) in [5.74, 6) is 1.18. The molecule has 4 aromatic rings. The smallest absolute Gasteiger partial charge is 0.242 e. The van der Waals surface area contributed by atoms with Gasteiger partial charge in [0.1, 0.15) is 16.9 Å². The third-order valence-corrected chi connectivity index (χ3v) is 4.84. The molecule has 0 atom stereocenters. The Balaban J connectivity index is 1.85. The van der Waals surface area contributed by atoms with Gasteiger partial charge < -0.3 is 10.1 Å². The van der Waals surface area contributed by atoms with Crippen LogP contribution in [-0.4, -0.2) is 41.5 Å². The Hall–Kier alpha value is -3.62. The number of aromatic nitrogens is 7. The molecule has 4 heterocycles. The monoisotopic (exact) mass is 418 g/mol. The summed E-state index contributed by atoms with van der Waals surface area (Å²) in [5, 5.41) is 16.3. The highest BCUT2D eigenvalue weighted by Gasteiger charge is 2.19. The van der Waals surface area contributed by atoms with Crippen molar-refractivity contribution in [2.45, 2.75) is 47.2 Å². The molecule has 0 aliphatic carbocycles. The molecular formula is C22H26N8O. The summed E-state index contributed by atoms with van der Waals surface area (Å²) in [6.45, 7) is 11.0. The summed E-state index contributed by atoms with van der Waals surface area (Å²) in [6, 6.07) is 5.93. The summed E-state index contributed by atoms with van der Waals surface area (Å²) in [5.41, 5.74) is 6.00. The highest BCUT2D eigenvalue weighted by atomic mass is 16.5. The Bertz CT molecular complexity index is 1220. The predicted octanol–water partition coefficient (Wildman–Crippen LogP) is 3.89. The fourth-order valence-corrected chi connectivity index (χ4v) is 3.45. The van der Waals surface area contributed by atoms with Crippen LogP contribution in [0.1, 0.15) is 44.0 Å². The highest BCUT2D eigenvalue weighted by Crippen LogP contribution is 2.34. The number of pyridine rings is 1. The van der Waals surface area contributed by atoms with Crippen molar-refractivity contribution >= 4 is 16.7 Å². The molecule has 0 aliphatic rings. The van der Waals surface area contributed by atoms with Gasteiger partial charge in [0, 0.05) is 17.9 Å². The van der Waals surface area contributed by atoms with Gasteiger partial charge in [-0.25, -0.2) is 15.0 Å². The van der Waals surface area contributed by atoms with Gasteiger partial charge in [0.2, 0.25) is 5.88 Å². The van der Waals surface area contributed by atoms with Gasteiger partial charge in [-0.05, 0) is 52.8 Å². The zero-order valence-electron chi connectivity index (χ0n) is 18.4. The fraction of sp³-hybridized carbons (Fsp3) is 0.364. The number of nitrogens with zero attached hydrogens (tertiary/aromatic N) is 7. The molecule has 0 aliphatic heterocycles. The van der Waals surface area contributed by atoms with Crippen molar-refractivity contribution in [3.8, 4) is 17.1 Å². The zero-order chi connectivity index (χ0) is 22.0. The van der Waals surface area contributed by atoms with Crippen molar-refractivity contribution in [3.63, 3.8) is 0 Å². The van der Waals surface area contributed by atoms with Gasteiger partial charge in [-0.2, -0.15) is 10.2 Å². The van der Waals surface area contributed by atoms with Gasteiger partial charge >= 0.3 is 0 Å². The number of anilines is 1. The molecule has 4 rings (SSSR count). The molecule has 9 heteroatoms. The molecule has 0 unspecified atom stereocenters. The summed E-state index contributed by atoms with van der Waals surface area (Å²) >= 11 is 0. The van der Waals surface area contributed by atoms with Crippen molar-refractivity contribution in [2.75, 3.05) is 11.9 Å². The maximum atomic E-state index is 5.68. The van der Waals surface area contributed by atoms with E-state index in [4.69, 9.17) is 14.8 Å². The third-order valence-electron chi connectivity index (χ3n) is 4.84. The van der Waals surface area contributed by atoms with E-state index in [1.807, 2.05) is 43.7 Å². The van der Waals surface area contributed by atoms with Gasteiger partial charge in [-0.3, -0.25) is 4.68 Å². The molecule has 0 aromatic carbocycles. The summed E-state index contributed by atoms with van der Waals surface area (Å²) < 4.78 is 7.68. The van der Waals surface area contributed by atoms with Gasteiger partial charge in [-0.1, -0.05) is 0 Å². The van der Waals surface area contributed by atoms with Crippen molar-refractivity contribution in [1.82, 2.24) is 34.9 Å². The van der Waals surface area contributed by atoms with Crippen molar-refractivity contribution < 1.29 is 4.74 Å². The lowest BCUT2D eigenvalue weighted by Crippen LogP contribution is -2.09. The molecule has 31 heavy (non-hydrogen) atoms. The maximum Gasteiger partial charge on any atom is 0.242 e. The number of rotatable bonds is 7. The lowest BCUT2D eigenvalue weighted by atomic mass is 10.1. The normalized spacial score (nSPS) is 11.3. The van der Waals surface area contributed by atoms with Crippen LogP contribution in [0.5, 0.6) is 5.88 Å². The van der Waals surface area contributed by atoms with Crippen molar-refractivity contribution in [1.29, 1.82) is 0 Å². The molecule has 1 N–H and O–H groups in total. The average Bonchev–Trinajstić information content (AvgIpc) is 3.10. The molecule has 0 bridgehead atoms. The maximum absolute atomic E-state index is 5.68. The molecule has 0 saturated carbocycles. The molecule has 4 aromatic heterocycles. The van der Waals surface area contributed by atoms with Crippen LogP contribution in [0.2, 0.25) is 0 Å². The minimum Gasteiger partial charge on any atom is -0.476 e. The molecule has 0 amide bonds. The Morgan fingerprint density at radius 3 is 2.71 bits per heavy atom. The molecule has 160 valence electrons. The predicted molar refractivity (Wildman–Crippen MR) is 119 cm³/mol. The Labute approximate surface area is 180 Å². The standard InChI is InChI=1S/C22H26N8O/c1-6-31-22-16(8-10-25-28-22)17-11-18(24-12-19-23-9-7-14(4)26-19)21-20(27-17)15(5)29-30(21)13(2)3/h7-11,13H,6,12H2,1-5H3,(H,24,27). The molecule has 0 fully saturated rings. The lowest BCUT2D eigenvalue weighted by molar-refractivity contribution is 0.324. The average molecular weight is 419 g/mol. The van der Waals surface area contributed by atoms with Crippen LogP contribution < -0.4 is 10.1 Å². The molecule has 0 radical (unpaired) electrons. The largest absolute Gasteiger partial charge is 0.476 e. The van der Waals surface area contributed by atoms with E-state index in [0.29, 0.717) is 19.0 Å². The quantitative estimate of drug-likeness (QED) is 0.482. The first-order valence-electron chi connectivity index (χ1n) is 10.3.